The van der Waals surface area contributed by atoms with E-state index in [9.17, 15) is 9.59 Å². The molecule has 0 unspecified atom stereocenters. The first kappa shape index (κ1) is 14.4. The summed E-state index contributed by atoms with van der Waals surface area (Å²) in [6.07, 6.45) is 4.49. The van der Waals surface area contributed by atoms with Gasteiger partial charge in [0.15, 0.2) is 5.76 Å². The first-order chi connectivity index (χ1) is 10.7. The molecule has 3 heterocycles. The third-order valence-corrected chi connectivity index (χ3v) is 3.88. The number of rotatable bonds is 4. The van der Waals surface area contributed by atoms with E-state index >= 15 is 0 Å². The summed E-state index contributed by atoms with van der Waals surface area (Å²) in [4.78, 5) is 26.4. The van der Waals surface area contributed by atoms with Crippen LogP contribution in [0.25, 0.3) is 0 Å². The van der Waals surface area contributed by atoms with Gasteiger partial charge in [-0.15, -0.1) is 0 Å². The van der Waals surface area contributed by atoms with Crippen LogP contribution in [0.2, 0.25) is 0 Å². The lowest BCUT2D eigenvalue weighted by atomic mass is 10.1. The van der Waals surface area contributed by atoms with Gasteiger partial charge < -0.3 is 19.1 Å². The Morgan fingerprint density at radius 3 is 2.73 bits per heavy atom. The fourth-order valence-corrected chi connectivity index (χ4v) is 2.74. The van der Waals surface area contributed by atoms with E-state index in [1.54, 1.807) is 29.4 Å². The highest BCUT2D eigenvalue weighted by Crippen LogP contribution is 2.22. The summed E-state index contributed by atoms with van der Waals surface area (Å²) >= 11 is 0. The average Bonchev–Trinajstić information content (AvgIpc) is 3.27. The SMILES string of the molecule is C[C@H](NC(=O)[C@H]1CCCN1C(=O)c1ccco1)c1ccco1. The van der Waals surface area contributed by atoms with Crippen LogP contribution < -0.4 is 5.32 Å². The molecule has 1 saturated heterocycles. The highest BCUT2D eigenvalue weighted by molar-refractivity contribution is 5.96. The third-order valence-electron chi connectivity index (χ3n) is 3.88. The number of carbonyl (C=O) groups excluding carboxylic acids is 2. The summed E-state index contributed by atoms with van der Waals surface area (Å²) in [6, 6.07) is 6.17. The van der Waals surface area contributed by atoms with Crippen molar-refractivity contribution in [3.8, 4) is 0 Å². The van der Waals surface area contributed by atoms with Crippen molar-refractivity contribution in [2.24, 2.45) is 0 Å². The van der Waals surface area contributed by atoms with Crippen LogP contribution >= 0.6 is 0 Å². The zero-order valence-electron chi connectivity index (χ0n) is 12.3. The molecule has 1 aliphatic rings. The van der Waals surface area contributed by atoms with E-state index in [2.05, 4.69) is 5.32 Å². The molecule has 1 fully saturated rings. The molecule has 2 aromatic rings. The number of carbonyl (C=O) groups is 2. The Balaban J connectivity index is 1.67. The number of nitrogens with zero attached hydrogens (tertiary/aromatic N) is 1. The summed E-state index contributed by atoms with van der Waals surface area (Å²) in [7, 11) is 0. The summed E-state index contributed by atoms with van der Waals surface area (Å²) in [5, 5.41) is 2.90. The van der Waals surface area contributed by atoms with Gasteiger partial charge >= 0.3 is 0 Å². The summed E-state index contributed by atoms with van der Waals surface area (Å²) in [6.45, 7) is 2.41. The van der Waals surface area contributed by atoms with Crippen LogP contribution in [0, 0.1) is 0 Å². The Bertz CT molecular complexity index is 633. The summed E-state index contributed by atoms with van der Waals surface area (Å²) < 4.78 is 10.4. The number of hydrogen-bond acceptors (Lipinski definition) is 4. The van der Waals surface area contributed by atoms with Gasteiger partial charge in [0, 0.05) is 6.54 Å². The minimum Gasteiger partial charge on any atom is -0.467 e. The fraction of sp³-hybridized carbons (Fsp3) is 0.375. The molecule has 2 atom stereocenters. The molecule has 6 nitrogen and oxygen atoms in total. The number of hydrogen-bond donors (Lipinski definition) is 1. The maximum absolute atomic E-state index is 12.5. The van der Waals surface area contributed by atoms with Crippen molar-refractivity contribution in [2.45, 2.75) is 31.8 Å². The minimum absolute atomic E-state index is 0.165. The average molecular weight is 302 g/mol. The van der Waals surface area contributed by atoms with E-state index < -0.39 is 6.04 Å². The number of amides is 2. The summed E-state index contributed by atoms with van der Waals surface area (Å²) in [5.74, 6) is 0.545. The van der Waals surface area contributed by atoms with E-state index in [1.807, 2.05) is 13.0 Å². The topological polar surface area (TPSA) is 75.7 Å². The monoisotopic (exact) mass is 302 g/mol. The van der Waals surface area contributed by atoms with Crippen molar-refractivity contribution in [2.75, 3.05) is 6.54 Å². The van der Waals surface area contributed by atoms with Gasteiger partial charge in [0.05, 0.1) is 18.6 Å². The fourth-order valence-electron chi connectivity index (χ4n) is 2.74. The Morgan fingerprint density at radius 2 is 2.05 bits per heavy atom. The predicted octanol–water partition coefficient (Wildman–Crippen LogP) is 2.35. The molecule has 6 heteroatoms. The van der Waals surface area contributed by atoms with Crippen molar-refractivity contribution in [3.63, 3.8) is 0 Å². The van der Waals surface area contributed by atoms with Gasteiger partial charge in [-0.2, -0.15) is 0 Å². The second-order valence-electron chi connectivity index (χ2n) is 5.38. The van der Waals surface area contributed by atoms with Crippen molar-refractivity contribution in [3.05, 3.63) is 48.3 Å². The molecular weight excluding hydrogens is 284 g/mol. The highest BCUT2D eigenvalue weighted by Gasteiger charge is 2.36. The zero-order chi connectivity index (χ0) is 15.5. The van der Waals surface area contributed by atoms with Gasteiger partial charge in [-0.05, 0) is 44.0 Å². The van der Waals surface area contributed by atoms with E-state index in [-0.39, 0.29) is 23.6 Å². The van der Waals surface area contributed by atoms with Crippen molar-refractivity contribution < 1.29 is 18.4 Å². The Hall–Kier alpha value is -2.50. The maximum Gasteiger partial charge on any atom is 0.290 e. The van der Waals surface area contributed by atoms with Crippen LogP contribution in [0.5, 0.6) is 0 Å². The molecule has 0 aliphatic carbocycles. The molecule has 0 bridgehead atoms. The van der Waals surface area contributed by atoms with Gasteiger partial charge in [0.2, 0.25) is 5.91 Å². The Morgan fingerprint density at radius 1 is 1.27 bits per heavy atom. The van der Waals surface area contributed by atoms with Gasteiger partial charge in [0.25, 0.3) is 5.91 Å². The molecule has 2 amide bonds. The summed E-state index contributed by atoms with van der Waals surface area (Å²) in [5.41, 5.74) is 0. The van der Waals surface area contributed by atoms with Crippen molar-refractivity contribution in [1.82, 2.24) is 10.2 Å². The lowest BCUT2D eigenvalue weighted by Crippen LogP contribution is -2.46. The maximum atomic E-state index is 12.5. The van der Waals surface area contributed by atoms with Crippen LogP contribution in [0.4, 0.5) is 0 Å². The van der Waals surface area contributed by atoms with Gasteiger partial charge in [-0.25, -0.2) is 0 Å². The predicted molar refractivity (Wildman–Crippen MR) is 78.0 cm³/mol. The lowest BCUT2D eigenvalue weighted by molar-refractivity contribution is -0.125. The second-order valence-corrected chi connectivity index (χ2v) is 5.38. The smallest absolute Gasteiger partial charge is 0.290 e. The molecule has 1 aliphatic heterocycles. The molecular formula is C16H18N2O4. The quantitative estimate of drug-likeness (QED) is 0.940. The van der Waals surface area contributed by atoms with Gasteiger partial charge in [-0.3, -0.25) is 9.59 Å². The number of nitrogens with one attached hydrogen (secondary N) is 1. The molecule has 3 rings (SSSR count). The zero-order valence-corrected chi connectivity index (χ0v) is 12.3. The normalized spacial score (nSPS) is 19.1. The highest BCUT2D eigenvalue weighted by atomic mass is 16.3. The lowest BCUT2D eigenvalue weighted by Gasteiger charge is -2.24. The van der Waals surface area contributed by atoms with Crippen LogP contribution in [-0.4, -0.2) is 29.3 Å². The molecule has 0 radical (unpaired) electrons. The number of furan rings is 2. The standard InChI is InChI=1S/C16H18N2O4/c1-11(13-6-3-9-21-13)17-15(19)12-5-2-8-18(12)16(20)14-7-4-10-22-14/h3-4,6-7,9-12H,2,5,8H2,1H3,(H,17,19)/t11-,12+/m0/s1. The molecule has 0 aromatic carbocycles. The molecule has 0 saturated carbocycles. The first-order valence-corrected chi connectivity index (χ1v) is 7.35. The van der Waals surface area contributed by atoms with Gasteiger partial charge in [-0.1, -0.05) is 0 Å². The van der Waals surface area contributed by atoms with Crippen LogP contribution in [0.3, 0.4) is 0 Å². The molecule has 116 valence electrons. The van der Waals surface area contributed by atoms with Crippen LogP contribution in [0.15, 0.2) is 45.6 Å². The largest absolute Gasteiger partial charge is 0.467 e. The van der Waals surface area contributed by atoms with Crippen molar-refractivity contribution in [1.29, 1.82) is 0 Å². The van der Waals surface area contributed by atoms with Crippen LogP contribution in [0.1, 0.15) is 42.1 Å². The first-order valence-electron chi connectivity index (χ1n) is 7.35. The van der Waals surface area contributed by atoms with Gasteiger partial charge in [0.1, 0.15) is 11.8 Å². The molecule has 0 spiro atoms. The van der Waals surface area contributed by atoms with E-state index in [0.29, 0.717) is 18.7 Å². The van der Waals surface area contributed by atoms with E-state index in [4.69, 9.17) is 8.83 Å². The molecule has 22 heavy (non-hydrogen) atoms. The van der Waals surface area contributed by atoms with E-state index in [1.165, 1.54) is 6.26 Å². The minimum atomic E-state index is -0.463. The van der Waals surface area contributed by atoms with Crippen LogP contribution in [-0.2, 0) is 4.79 Å². The Kier molecular flexibility index (Phi) is 4.00. The molecule has 1 N–H and O–H groups in total. The Labute approximate surface area is 128 Å². The molecule has 2 aromatic heterocycles. The van der Waals surface area contributed by atoms with Crippen molar-refractivity contribution >= 4 is 11.8 Å². The third kappa shape index (κ3) is 2.77. The number of likely N-dealkylation sites (tertiary alicyclic amines) is 1. The second kappa shape index (κ2) is 6.09. The van der Waals surface area contributed by atoms with E-state index in [0.717, 1.165) is 6.42 Å².